The van der Waals surface area contributed by atoms with Crippen LogP contribution in [0.15, 0.2) is 42.6 Å². The number of nitrogens with zero attached hydrogens (tertiary/aromatic N) is 1. The molecule has 0 saturated heterocycles. The molecule has 3 heteroatoms. The van der Waals surface area contributed by atoms with E-state index in [1.54, 1.807) is 6.20 Å². The number of benzene rings is 1. The van der Waals surface area contributed by atoms with Gasteiger partial charge in [0, 0.05) is 11.9 Å². The molecule has 3 N–H and O–H groups in total. The Hall–Kier alpha value is -2.03. The number of hydrogen-bond acceptors (Lipinski definition) is 3. The Morgan fingerprint density at radius 1 is 1.19 bits per heavy atom. The SMILES string of the molecule is CCc1ccc(Nc2ncccc2N)cc1. The summed E-state index contributed by atoms with van der Waals surface area (Å²) in [7, 11) is 0. The van der Waals surface area contributed by atoms with Gasteiger partial charge in [0.1, 0.15) is 0 Å². The van der Waals surface area contributed by atoms with Crippen LogP contribution in [0.25, 0.3) is 0 Å². The second kappa shape index (κ2) is 4.66. The Labute approximate surface area is 95.3 Å². The molecule has 0 unspecified atom stereocenters. The first-order chi connectivity index (χ1) is 7.79. The number of aromatic nitrogens is 1. The first kappa shape index (κ1) is 10.5. The van der Waals surface area contributed by atoms with Gasteiger partial charge in [-0.05, 0) is 36.2 Å². The molecule has 0 bridgehead atoms. The molecule has 0 aliphatic rings. The molecule has 3 nitrogen and oxygen atoms in total. The van der Waals surface area contributed by atoms with E-state index in [2.05, 4.69) is 29.4 Å². The lowest BCUT2D eigenvalue weighted by Crippen LogP contribution is -1.98. The summed E-state index contributed by atoms with van der Waals surface area (Å²) in [5.74, 6) is 0.701. The predicted molar refractivity (Wildman–Crippen MR) is 67.8 cm³/mol. The van der Waals surface area contributed by atoms with Crippen molar-refractivity contribution in [3.63, 3.8) is 0 Å². The third-order valence-corrected chi connectivity index (χ3v) is 2.46. The molecule has 1 heterocycles. The van der Waals surface area contributed by atoms with Crippen molar-refractivity contribution < 1.29 is 0 Å². The maximum atomic E-state index is 5.80. The smallest absolute Gasteiger partial charge is 0.153 e. The molecule has 0 aliphatic heterocycles. The lowest BCUT2D eigenvalue weighted by molar-refractivity contribution is 1.14. The fraction of sp³-hybridized carbons (Fsp3) is 0.154. The van der Waals surface area contributed by atoms with E-state index in [0.29, 0.717) is 11.5 Å². The molecule has 16 heavy (non-hydrogen) atoms. The Bertz CT molecular complexity index is 463. The number of nitrogens with two attached hydrogens (primary N) is 1. The summed E-state index contributed by atoms with van der Waals surface area (Å²) in [6.07, 6.45) is 2.77. The van der Waals surface area contributed by atoms with Gasteiger partial charge in [0.25, 0.3) is 0 Å². The van der Waals surface area contributed by atoms with E-state index in [4.69, 9.17) is 5.73 Å². The van der Waals surface area contributed by atoms with Gasteiger partial charge in [0.15, 0.2) is 5.82 Å². The van der Waals surface area contributed by atoms with E-state index < -0.39 is 0 Å². The first-order valence-corrected chi connectivity index (χ1v) is 5.36. The third-order valence-electron chi connectivity index (χ3n) is 2.46. The molecule has 0 aliphatic carbocycles. The highest BCUT2D eigenvalue weighted by atomic mass is 15.0. The van der Waals surface area contributed by atoms with Crippen molar-refractivity contribution >= 4 is 17.2 Å². The van der Waals surface area contributed by atoms with Crippen molar-refractivity contribution in [2.24, 2.45) is 0 Å². The summed E-state index contributed by atoms with van der Waals surface area (Å²) in [5.41, 5.74) is 8.78. The van der Waals surface area contributed by atoms with Gasteiger partial charge in [-0.25, -0.2) is 4.98 Å². The van der Waals surface area contributed by atoms with E-state index in [1.165, 1.54) is 5.56 Å². The molecule has 82 valence electrons. The second-order valence-electron chi connectivity index (χ2n) is 3.62. The molecule has 0 spiro atoms. The standard InChI is InChI=1S/C13H15N3/c1-2-10-5-7-11(8-6-10)16-13-12(14)4-3-9-15-13/h3-9H,2,14H2,1H3,(H,15,16). The molecular formula is C13H15N3. The predicted octanol–water partition coefficient (Wildman–Crippen LogP) is 2.97. The van der Waals surface area contributed by atoms with Crippen LogP contribution in [0.2, 0.25) is 0 Å². The lowest BCUT2D eigenvalue weighted by atomic mass is 10.1. The van der Waals surface area contributed by atoms with Crippen LogP contribution in [-0.4, -0.2) is 4.98 Å². The van der Waals surface area contributed by atoms with Gasteiger partial charge in [-0.15, -0.1) is 0 Å². The molecule has 2 aromatic rings. The summed E-state index contributed by atoms with van der Waals surface area (Å²) < 4.78 is 0. The Kier molecular flexibility index (Phi) is 3.05. The van der Waals surface area contributed by atoms with Gasteiger partial charge in [-0.2, -0.15) is 0 Å². The van der Waals surface area contributed by atoms with Crippen molar-refractivity contribution in [3.8, 4) is 0 Å². The van der Waals surface area contributed by atoms with Crippen molar-refractivity contribution in [2.45, 2.75) is 13.3 Å². The molecule has 0 fully saturated rings. The average Bonchev–Trinajstić information content (AvgIpc) is 2.33. The van der Waals surface area contributed by atoms with Crippen LogP contribution < -0.4 is 11.1 Å². The van der Waals surface area contributed by atoms with Gasteiger partial charge in [-0.3, -0.25) is 0 Å². The molecule has 1 aromatic heterocycles. The van der Waals surface area contributed by atoms with Crippen LogP contribution in [-0.2, 0) is 6.42 Å². The molecule has 0 atom stereocenters. The van der Waals surface area contributed by atoms with E-state index in [-0.39, 0.29) is 0 Å². The fourth-order valence-electron chi connectivity index (χ4n) is 1.48. The minimum atomic E-state index is 0.655. The van der Waals surface area contributed by atoms with Gasteiger partial charge in [0.2, 0.25) is 0 Å². The summed E-state index contributed by atoms with van der Waals surface area (Å²) in [5, 5.41) is 3.19. The molecular weight excluding hydrogens is 198 g/mol. The largest absolute Gasteiger partial charge is 0.396 e. The Balaban J connectivity index is 2.18. The number of nitrogen functional groups attached to an aromatic ring is 1. The highest BCUT2D eigenvalue weighted by Gasteiger charge is 1.99. The highest BCUT2D eigenvalue weighted by Crippen LogP contribution is 2.20. The molecule has 1 aromatic carbocycles. The highest BCUT2D eigenvalue weighted by molar-refractivity contribution is 5.68. The summed E-state index contributed by atoms with van der Waals surface area (Å²) >= 11 is 0. The van der Waals surface area contributed by atoms with Crippen LogP contribution in [0.1, 0.15) is 12.5 Å². The maximum Gasteiger partial charge on any atom is 0.153 e. The Morgan fingerprint density at radius 2 is 1.94 bits per heavy atom. The van der Waals surface area contributed by atoms with E-state index in [9.17, 15) is 0 Å². The quantitative estimate of drug-likeness (QED) is 0.824. The minimum absolute atomic E-state index is 0.655. The van der Waals surface area contributed by atoms with Crippen LogP contribution in [0.4, 0.5) is 17.2 Å². The average molecular weight is 213 g/mol. The number of hydrogen-bond donors (Lipinski definition) is 2. The van der Waals surface area contributed by atoms with Gasteiger partial charge in [0.05, 0.1) is 5.69 Å². The monoisotopic (exact) mass is 213 g/mol. The second-order valence-corrected chi connectivity index (χ2v) is 3.62. The molecule has 0 radical (unpaired) electrons. The zero-order chi connectivity index (χ0) is 11.4. The molecule has 0 amide bonds. The van der Waals surface area contributed by atoms with E-state index in [1.807, 2.05) is 24.3 Å². The summed E-state index contributed by atoms with van der Waals surface area (Å²) in [6, 6.07) is 11.9. The van der Waals surface area contributed by atoms with Crippen molar-refractivity contribution in [1.82, 2.24) is 4.98 Å². The number of pyridine rings is 1. The number of nitrogens with one attached hydrogen (secondary N) is 1. The first-order valence-electron chi connectivity index (χ1n) is 5.36. The van der Waals surface area contributed by atoms with Gasteiger partial charge < -0.3 is 11.1 Å². The summed E-state index contributed by atoms with van der Waals surface area (Å²) in [6.45, 7) is 2.14. The lowest BCUT2D eigenvalue weighted by Gasteiger charge is -2.08. The fourth-order valence-corrected chi connectivity index (χ4v) is 1.48. The number of rotatable bonds is 3. The van der Waals surface area contributed by atoms with E-state index in [0.717, 1.165) is 12.1 Å². The van der Waals surface area contributed by atoms with Crippen LogP contribution >= 0.6 is 0 Å². The van der Waals surface area contributed by atoms with E-state index >= 15 is 0 Å². The maximum absolute atomic E-state index is 5.80. The topological polar surface area (TPSA) is 50.9 Å². The zero-order valence-corrected chi connectivity index (χ0v) is 9.27. The van der Waals surface area contributed by atoms with Gasteiger partial charge >= 0.3 is 0 Å². The number of anilines is 3. The minimum Gasteiger partial charge on any atom is -0.396 e. The third kappa shape index (κ3) is 2.31. The van der Waals surface area contributed by atoms with Crippen LogP contribution in [0.3, 0.4) is 0 Å². The van der Waals surface area contributed by atoms with Crippen LogP contribution in [0, 0.1) is 0 Å². The van der Waals surface area contributed by atoms with Gasteiger partial charge in [-0.1, -0.05) is 19.1 Å². The van der Waals surface area contributed by atoms with Crippen molar-refractivity contribution in [2.75, 3.05) is 11.1 Å². The normalized spacial score (nSPS) is 10.1. The summed E-state index contributed by atoms with van der Waals surface area (Å²) in [4.78, 5) is 4.18. The van der Waals surface area contributed by atoms with Crippen molar-refractivity contribution in [3.05, 3.63) is 48.2 Å². The molecule has 2 rings (SSSR count). The number of aryl methyl sites for hydroxylation is 1. The Morgan fingerprint density at radius 3 is 2.56 bits per heavy atom. The van der Waals surface area contributed by atoms with Crippen LogP contribution in [0.5, 0.6) is 0 Å². The zero-order valence-electron chi connectivity index (χ0n) is 9.27. The van der Waals surface area contributed by atoms with Crippen molar-refractivity contribution in [1.29, 1.82) is 0 Å². The molecule has 0 saturated carbocycles.